The number of benzene rings is 1. The van der Waals surface area contributed by atoms with E-state index in [0.29, 0.717) is 6.61 Å². The molecule has 0 spiro atoms. The molecule has 1 unspecified atom stereocenters. The standard InChI is InChI=1S/C20H26F3N5O/c21-20(22,23)18-12-17(26-19-24-14-25-28(18)19)15-6-4-9-27(13-15)10-5-11-29-16-7-2-1-3-8-16/h1-3,7-8,14-15,17-18H,4-6,9-13H2,(H,24,25,26)/t15?,17-,18+/m0/s1. The van der Waals surface area contributed by atoms with Crippen LogP contribution in [-0.4, -0.2) is 58.1 Å². The summed E-state index contributed by atoms with van der Waals surface area (Å²) in [5.41, 5.74) is 0. The zero-order valence-corrected chi connectivity index (χ0v) is 16.2. The van der Waals surface area contributed by atoms with E-state index in [1.165, 1.54) is 6.33 Å². The second-order valence-electron chi connectivity index (χ2n) is 7.79. The highest BCUT2D eigenvalue weighted by Crippen LogP contribution is 2.40. The molecule has 1 fully saturated rings. The number of nitrogens with one attached hydrogen (secondary N) is 1. The summed E-state index contributed by atoms with van der Waals surface area (Å²) in [5.74, 6) is 1.24. The van der Waals surface area contributed by atoms with Crippen LogP contribution in [0.25, 0.3) is 0 Å². The van der Waals surface area contributed by atoms with E-state index < -0.39 is 12.2 Å². The molecule has 158 valence electrons. The third-order valence-electron chi connectivity index (χ3n) is 5.78. The van der Waals surface area contributed by atoms with E-state index in [4.69, 9.17) is 4.74 Å². The minimum Gasteiger partial charge on any atom is -0.494 e. The van der Waals surface area contributed by atoms with E-state index in [1.54, 1.807) is 0 Å². The number of ether oxygens (including phenoxy) is 1. The Labute approximate surface area is 168 Å². The Hall–Kier alpha value is -2.29. The van der Waals surface area contributed by atoms with Crippen LogP contribution in [0.1, 0.15) is 31.7 Å². The van der Waals surface area contributed by atoms with Crippen LogP contribution in [0.2, 0.25) is 0 Å². The van der Waals surface area contributed by atoms with Gasteiger partial charge in [0.1, 0.15) is 12.1 Å². The second kappa shape index (κ2) is 8.61. The molecule has 3 heterocycles. The first kappa shape index (κ1) is 20.0. The number of piperidine rings is 1. The van der Waals surface area contributed by atoms with Gasteiger partial charge in [0.05, 0.1) is 6.61 Å². The zero-order chi connectivity index (χ0) is 20.3. The molecule has 1 aromatic heterocycles. The Morgan fingerprint density at radius 2 is 2.03 bits per heavy atom. The summed E-state index contributed by atoms with van der Waals surface area (Å²) >= 11 is 0. The topological polar surface area (TPSA) is 55.2 Å². The molecule has 0 aliphatic carbocycles. The number of likely N-dealkylation sites (tertiary alicyclic amines) is 1. The molecule has 0 radical (unpaired) electrons. The van der Waals surface area contributed by atoms with E-state index in [-0.39, 0.29) is 24.3 Å². The summed E-state index contributed by atoms with van der Waals surface area (Å²) in [5, 5.41) is 6.97. The molecule has 1 aromatic carbocycles. The summed E-state index contributed by atoms with van der Waals surface area (Å²) in [6.07, 6.45) is -0.344. The van der Waals surface area contributed by atoms with Gasteiger partial charge >= 0.3 is 6.18 Å². The second-order valence-corrected chi connectivity index (χ2v) is 7.79. The average Bonchev–Trinajstić information content (AvgIpc) is 3.19. The maximum absolute atomic E-state index is 13.5. The highest BCUT2D eigenvalue weighted by atomic mass is 19.4. The van der Waals surface area contributed by atoms with Crippen molar-refractivity contribution >= 4 is 5.95 Å². The van der Waals surface area contributed by atoms with Gasteiger partial charge in [0, 0.05) is 19.1 Å². The number of anilines is 1. The SMILES string of the molecule is FC(F)(F)[C@H]1C[C@@H](C2CCCN(CCCOc3ccccc3)C2)Nc2ncnn21. The van der Waals surface area contributed by atoms with Crippen LogP contribution in [0.15, 0.2) is 36.7 Å². The van der Waals surface area contributed by atoms with Crippen molar-refractivity contribution in [1.29, 1.82) is 0 Å². The molecule has 9 heteroatoms. The van der Waals surface area contributed by atoms with Gasteiger partial charge in [-0.25, -0.2) is 4.68 Å². The maximum Gasteiger partial charge on any atom is 0.411 e. The molecule has 6 nitrogen and oxygen atoms in total. The van der Waals surface area contributed by atoms with Crippen molar-refractivity contribution in [1.82, 2.24) is 19.7 Å². The Morgan fingerprint density at radius 3 is 2.83 bits per heavy atom. The smallest absolute Gasteiger partial charge is 0.411 e. The van der Waals surface area contributed by atoms with E-state index in [2.05, 4.69) is 20.3 Å². The third kappa shape index (κ3) is 4.83. The zero-order valence-electron chi connectivity index (χ0n) is 16.2. The largest absolute Gasteiger partial charge is 0.494 e. The number of halogens is 3. The van der Waals surface area contributed by atoms with E-state index in [1.807, 2.05) is 30.3 Å². The Morgan fingerprint density at radius 1 is 1.21 bits per heavy atom. The van der Waals surface area contributed by atoms with Gasteiger partial charge in [0.15, 0.2) is 6.04 Å². The van der Waals surface area contributed by atoms with Crippen molar-refractivity contribution in [2.75, 3.05) is 31.6 Å². The Kier molecular flexibility index (Phi) is 5.94. The predicted molar refractivity (Wildman–Crippen MR) is 103 cm³/mol. The number of hydrogen-bond acceptors (Lipinski definition) is 5. The summed E-state index contributed by atoms with van der Waals surface area (Å²) in [6.45, 7) is 3.29. The first-order chi connectivity index (χ1) is 14.0. The summed E-state index contributed by atoms with van der Waals surface area (Å²) in [6, 6.07) is 7.84. The number of rotatable bonds is 6. The minimum absolute atomic E-state index is 0.00448. The van der Waals surface area contributed by atoms with Crippen LogP contribution in [0.3, 0.4) is 0 Å². The van der Waals surface area contributed by atoms with Gasteiger partial charge in [-0.1, -0.05) is 18.2 Å². The van der Waals surface area contributed by atoms with E-state index in [0.717, 1.165) is 49.3 Å². The maximum atomic E-state index is 13.5. The van der Waals surface area contributed by atoms with Crippen LogP contribution < -0.4 is 10.1 Å². The van der Waals surface area contributed by atoms with E-state index in [9.17, 15) is 13.2 Å². The van der Waals surface area contributed by atoms with Gasteiger partial charge < -0.3 is 15.0 Å². The van der Waals surface area contributed by atoms with Crippen LogP contribution in [0.5, 0.6) is 5.75 Å². The summed E-state index contributed by atoms with van der Waals surface area (Å²) in [7, 11) is 0. The van der Waals surface area contributed by atoms with Gasteiger partial charge in [0.25, 0.3) is 0 Å². The number of hydrogen-bond donors (Lipinski definition) is 1. The minimum atomic E-state index is -4.33. The van der Waals surface area contributed by atoms with Gasteiger partial charge in [-0.05, 0) is 50.3 Å². The highest BCUT2D eigenvalue weighted by molar-refractivity contribution is 5.30. The molecule has 0 amide bonds. The van der Waals surface area contributed by atoms with Crippen molar-refractivity contribution in [3.05, 3.63) is 36.7 Å². The lowest BCUT2D eigenvalue weighted by atomic mass is 9.86. The van der Waals surface area contributed by atoms with Crippen molar-refractivity contribution in [3.8, 4) is 5.75 Å². The molecule has 2 aromatic rings. The molecule has 0 bridgehead atoms. The molecule has 29 heavy (non-hydrogen) atoms. The third-order valence-corrected chi connectivity index (χ3v) is 5.78. The quantitative estimate of drug-likeness (QED) is 0.737. The number of para-hydroxylation sites is 1. The molecule has 2 aliphatic rings. The van der Waals surface area contributed by atoms with E-state index >= 15 is 0 Å². The van der Waals surface area contributed by atoms with Gasteiger partial charge in [-0.15, -0.1) is 0 Å². The first-order valence-corrected chi connectivity index (χ1v) is 10.1. The molecule has 3 atom stereocenters. The molecule has 1 N–H and O–H groups in total. The molecule has 0 saturated carbocycles. The number of alkyl halides is 3. The van der Waals surface area contributed by atoms with Crippen molar-refractivity contribution in [2.45, 2.75) is 43.9 Å². The van der Waals surface area contributed by atoms with Crippen molar-refractivity contribution in [3.63, 3.8) is 0 Å². The fourth-order valence-electron chi connectivity index (χ4n) is 4.35. The number of aromatic nitrogens is 3. The van der Waals surface area contributed by atoms with Crippen LogP contribution in [0, 0.1) is 5.92 Å². The van der Waals surface area contributed by atoms with Crippen molar-refractivity contribution < 1.29 is 17.9 Å². The van der Waals surface area contributed by atoms with Crippen LogP contribution >= 0.6 is 0 Å². The van der Waals surface area contributed by atoms with Crippen LogP contribution in [0.4, 0.5) is 19.1 Å². The molecular weight excluding hydrogens is 383 g/mol. The predicted octanol–water partition coefficient (Wildman–Crippen LogP) is 3.75. The Balaban J connectivity index is 1.30. The van der Waals surface area contributed by atoms with Gasteiger partial charge in [-0.2, -0.15) is 23.3 Å². The molecular formula is C20H26F3N5O. The highest BCUT2D eigenvalue weighted by Gasteiger charge is 2.48. The molecule has 4 rings (SSSR count). The molecule has 1 saturated heterocycles. The van der Waals surface area contributed by atoms with Gasteiger partial charge in [0.2, 0.25) is 5.95 Å². The van der Waals surface area contributed by atoms with Crippen LogP contribution in [-0.2, 0) is 0 Å². The van der Waals surface area contributed by atoms with Gasteiger partial charge in [-0.3, -0.25) is 0 Å². The Bertz CT molecular complexity index is 782. The lowest BCUT2D eigenvalue weighted by Gasteiger charge is -2.41. The lowest BCUT2D eigenvalue weighted by molar-refractivity contribution is -0.174. The molecule has 2 aliphatic heterocycles. The summed E-state index contributed by atoms with van der Waals surface area (Å²) in [4.78, 5) is 6.32. The summed E-state index contributed by atoms with van der Waals surface area (Å²) < 4.78 is 47.3. The normalized spacial score (nSPS) is 25.3. The van der Waals surface area contributed by atoms with Crippen molar-refractivity contribution in [2.24, 2.45) is 5.92 Å². The lowest BCUT2D eigenvalue weighted by Crippen LogP contribution is -2.48. The monoisotopic (exact) mass is 409 g/mol. The fourth-order valence-corrected chi connectivity index (χ4v) is 4.35. The number of fused-ring (bicyclic) bond motifs is 1. The number of nitrogens with zero attached hydrogens (tertiary/aromatic N) is 4. The average molecular weight is 409 g/mol. The first-order valence-electron chi connectivity index (χ1n) is 10.1. The fraction of sp³-hybridized carbons (Fsp3) is 0.600.